The molecule has 0 unspecified atom stereocenters. The monoisotopic (exact) mass is 177 g/mol. The number of hydrogen-bond donors (Lipinski definition) is 2. The van der Waals surface area contributed by atoms with Crippen LogP contribution < -0.4 is 11.2 Å². The van der Waals surface area contributed by atoms with Crippen LogP contribution >= 0.6 is 11.6 Å². The number of primary amides is 1. The number of alkyl halides is 1. The summed E-state index contributed by atoms with van der Waals surface area (Å²) >= 11 is 5.51. The van der Waals surface area contributed by atoms with Gasteiger partial charge in [0, 0.05) is 0 Å². The van der Waals surface area contributed by atoms with Gasteiger partial charge in [0.1, 0.15) is 0 Å². The summed E-state index contributed by atoms with van der Waals surface area (Å²) in [6.07, 6.45) is 1.73. The second-order valence-corrected chi connectivity index (χ2v) is 2.30. The van der Waals surface area contributed by atoms with Gasteiger partial charge in [-0.3, -0.25) is 0 Å². The lowest BCUT2D eigenvalue weighted by molar-refractivity contribution is 0.249. The fraction of sp³-hybridized carbons (Fsp3) is 0.667. The van der Waals surface area contributed by atoms with Crippen molar-refractivity contribution in [2.45, 2.75) is 19.8 Å². The van der Waals surface area contributed by atoms with E-state index in [9.17, 15) is 4.79 Å². The van der Waals surface area contributed by atoms with E-state index in [1.807, 2.05) is 6.92 Å². The van der Waals surface area contributed by atoms with Gasteiger partial charge in [0.15, 0.2) is 0 Å². The highest BCUT2D eigenvalue weighted by Gasteiger charge is 1.95. The van der Waals surface area contributed by atoms with Crippen LogP contribution in [0.1, 0.15) is 19.8 Å². The maximum atomic E-state index is 10.2. The van der Waals surface area contributed by atoms with E-state index in [2.05, 4.69) is 10.5 Å². The predicted molar refractivity (Wildman–Crippen MR) is 45.8 cm³/mol. The Hall–Kier alpha value is -0.770. The maximum Gasteiger partial charge on any atom is 0.332 e. The molecule has 0 saturated heterocycles. The molecule has 0 fully saturated rings. The van der Waals surface area contributed by atoms with Crippen LogP contribution in [-0.4, -0.2) is 17.6 Å². The van der Waals surface area contributed by atoms with Crippen LogP contribution in [0.4, 0.5) is 4.79 Å². The molecule has 0 bridgehead atoms. The molecule has 0 heterocycles. The number of hydrazone groups is 1. The Kier molecular flexibility index (Phi) is 5.56. The third-order valence-electron chi connectivity index (χ3n) is 1.02. The highest BCUT2D eigenvalue weighted by molar-refractivity contribution is 6.28. The summed E-state index contributed by atoms with van der Waals surface area (Å²) in [5, 5.41) is 3.69. The number of urea groups is 1. The Morgan fingerprint density at radius 3 is 2.73 bits per heavy atom. The van der Waals surface area contributed by atoms with Gasteiger partial charge in [0.05, 0.1) is 11.6 Å². The van der Waals surface area contributed by atoms with E-state index >= 15 is 0 Å². The van der Waals surface area contributed by atoms with E-state index in [0.717, 1.165) is 18.6 Å². The van der Waals surface area contributed by atoms with Gasteiger partial charge < -0.3 is 5.73 Å². The van der Waals surface area contributed by atoms with Crippen molar-refractivity contribution in [3.8, 4) is 0 Å². The molecule has 0 aliphatic carbocycles. The summed E-state index contributed by atoms with van der Waals surface area (Å²) in [6.45, 7) is 2.01. The Bertz CT molecular complexity index is 158. The van der Waals surface area contributed by atoms with E-state index in [1.165, 1.54) is 0 Å². The summed E-state index contributed by atoms with van der Waals surface area (Å²) in [6, 6.07) is -0.663. The topological polar surface area (TPSA) is 67.5 Å². The second-order valence-electron chi connectivity index (χ2n) is 2.04. The third-order valence-corrected chi connectivity index (χ3v) is 1.33. The molecule has 0 radical (unpaired) electrons. The molecule has 0 aromatic carbocycles. The van der Waals surface area contributed by atoms with Crippen LogP contribution in [0.25, 0.3) is 0 Å². The van der Waals surface area contributed by atoms with E-state index in [-0.39, 0.29) is 0 Å². The number of halogens is 1. The lowest BCUT2D eigenvalue weighted by atomic mass is 10.2. The molecule has 0 rings (SSSR count). The van der Waals surface area contributed by atoms with E-state index in [4.69, 9.17) is 17.3 Å². The number of amides is 2. The lowest BCUT2D eigenvalue weighted by Crippen LogP contribution is -2.26. The fourth-order valence-corrected chi connectivity index (χ4v) is 0.769. The standard InChI is InChI=1S/C6H12ClN3O/c1-2-3-5(4-7)9-10-6(8)11/h2-4H2,1H3,(H3,8,10,11)/b9-5-. The molecular formula is C6H12ClN3O. The van der Waals surface area contributed by atoms with Crippen LogP contribution in [0, 0.1) is 0 Å². The summed E-state index contributed by atoms with van der Waals surface area (Å²) in [5.41, 5.74) is 7.66. The van der Waals surface area contributed by atoms with Gasteiger partial charge in [0.25, 0.3) is 0 Å². The lowest BCUT2D eigenvalue weighted by Gasteiger charge is -1.98. The molecule has 4 nitrogen and oxygen atoms in total. The number of nitrogens with two attached hydrogens (primary N) is 1. The van der Waals surface area contributed by atoms with Crippen molar-refractivity contribution in [1.82, 2.24) is 5.43 Å². The minimum atomic E-state index is -0.663. The minimum absolute atomic E-state index is 0.328. The van der Waals surface area contributed by atoms with Crippen LogP contribution in [0.5, 0.6) is 0 Å². The van der Waals surface area contributed by atoms with Crippen molar-refractivity contribution >= 4 is 23.3 Å². The van der Waals surface area contributed by atoms with Crippen molar-refractivity contribution < 1.29 is 4.79 Å². The van der Waals surface area contributed by atoms with Gasteiger partial charge >= 0.3 is 6.03 Å². The number of nitrogens with one attached hydrogen (secondary N) is 1. The highest BCUT2D eigenvalue weighted by Crippen LogP contribution is 1.93. The molecule has 2 amide bonds. The number of carbonyl (C=O) groups excluding carboxylic acids is 1. The Morgan fingerprint density at radius 2 is 2.36 bits per heavy atom. The van der Waals surface area contributed by atoms with Crippen molar-refractivity contribution in [2.75, 3.05) is 5.88 Å². The van der Waals surface area contributed by atoms with Gasteiger partial charge in [-0.25, -0.2) is 10.2 Å². The summed E-state index contributed by atoms with van der Waals surface area (Å²) in [7, 11) is 0. The first-order chi connectivity index (χ1) is 5.20. The van der Waals surface area contributed by atoms with Crippen molar-refractivity contribution in [3.63, 3.8) is 0 Å². The quantitative estimate of drug-likeness (QED) is 0.376. The fourth-order valence-electron chi connectivity index (χ4n) is 0.575. The number of hydrogen-bond acceptors (Lipinski definition) is 2. The molecule has 0 saturated carbocycles. The molecule has 5 heteroatoms. The van der Waals surface area contributed by atoms with Crippen LogP contribution in [-0.2, 0) is 0 Å². The number of carbonyl (C=O) groups is 1. The van der Waals surface area contributed by atoms with E-state index in [0.29, 0.717) is 5.88 Å². The molecule has 11 heavy (non-hydrogen) atoms. The molecule has 0 aliphatic rings. The second kappa shape index (κ2) is 5.97. The normalized spacial score (nSPS) is 11.3. The number of nitrogens with zero attached hydrogens (tertiary/aromatic N) is 1. The molecule has 0 aromatic heterocycles. The van der Waals surface area contributed by atoms with Crippen LogP contribution in [0.15, 0.2) is 5.10 Å². The SMILES string of the molecule is CCC/C(CCl)=N/NC(N)=O. The van der Waals surface area contributed by atoms with Gasteiger partial charge in [-0.2, -0.15) is 5.10 Å². The zero-order chi connectivity index (χ0) is 8.69. The molecule has 0 atom stereocenters. The first-order valence-electron chi connectivity index (χ1n) is 3.37. The highest BCUT2D eigenvalue weighted by atomic mass is 35.5. The number of rotatable bonds is 4. The van der Waals surface area contributed by atoms with Crippen molar-refractivity contribution in [2.24, 2.45) is 10.8 Å². The summed E-state index contributed by atoms with van der Waals surface area (Å²) in [4.78, 5) is 10.2. The predicted octanol–water partition coefficient (Wildman–Crippen LogP) is 1.05. The average Bonchev–Trinajstić information content (AvgIpc) is 1.97. The van der Waals surface area contributed by atoms with Gasteiger partial charge in [-0.1, -0.05) is 13.3 Å². The van der Waals surface area contributed by atoms with Crippen LogP contribution in [0.2, 0.25) is 0 Å². The summed E-state index contributed by atoms with van der Waals surface area (Å²) in [5.74, 6) is 0.328. The third kappa shape index (κ3) is 5.66. The average molecular weight is 178 g/mol. The maximum absolute atomic E-state index is 10.2. The van der Waals surface area contributed by atoms with Crippen molar-refractivity contribution in [3.05, 3.63) is 0 Å². The molecule has 0 aliphatic heterocycles. The van der Waals surface area contributed by atoms with Crippen LogP contribution in [0.3, 0.4) is 0 Å². The van der Waals surface area contributed by atoms with Gasteiger partial charge in [-0.15, -0.1) is 11.6 Å². The largest absolute Gasteiger partial charge is 0.350 e. The Balaban J connectivity index is 3.80. The minimum Gasteiger partial charge on any atom is -0.350 e. The molecule has 0 aromatic rings. The first kappa shape index (κ1) is 10.2. The molecule has 3 N–H and O–H groups in total. The zero-order valence-electron chi connectivity index (χ0n) is 6.43. The van der Waals surface area contributed by atoms with E-state index < -0.39 is 6.03 Å². The molecule has 64 valence electrons. The Labute approximate surface area is 70.8 Å². The van der Waals surface area contributed by atoms with Gasteiger partial charge in [-0.05, 0) is 6.42 Å². The van der Waals surface area contributed by atoms with Crippen molar-refractivity contribution in [1.29, 1.82) is 0 Å². The Morgan fingerprint density at radius 1 is 1.73 bits per heavy atom. The molecule has 0 spiro atoms. The van der Waals surface area contributed by atoms with Gasteiger partial charge in [0.2, 0.25) is 0 Å². The molecular weight excluding hydrogens is 166 g/mol. The zero-order valence-corrected chi connectivity index (χ0v) is 7.19. The smallest absolute Gasteiger partial charge is 0.332 e. The summed E-state index contributed by atoms with van der Waals surface area (Å²) < 4.78 is 0. The van der Waals surface area contributed by atoms with E-state index in [1.54, 1.807) is 0 Å². The first-order valence-corrected chi connectivity index (χ1v) is 3.91.